The number of hydrogen-bond donors (Lipinski definition) is 0. The summed E-state index contributed by atoms with van der Waals surface area (Å²) in [6.07, 6.45) is 2.70. The molecule has 0 radical (unpaired) electrons. The van der Waals surface area contributed by atoms with E-state index in [2.05, 4.69) is 5.10 Å². The first-order valence-corrected chi connectivity index (χ1v) is 6.83. The Labute approximate surface area is 96.6 Å². The summed E-state index contributed by atoms with van der Waals surface area (Å²) in [6.45, 7) is 2.36. The highest BCUT2D eigenvalue weighted by molar-refractivity contribution is 8.13. The number of aromatic nitrogens is 2. The fraction of sp³-hybridized carbons (Fsp3) is 0.571. The van der Waals surface area contributed by atoms with Crippen molar-refractivity contribution in [1.82, 2.24) is 9.78 Å². The summed E-state index contributed by atoms with van der Waals surface area (Å²) in [5.74, 6) is -0.730. The molecule has 7 nitrogen and oxygen atoms in total. The van der Waals surface area contributed by atoms with Crippen LogP contribution in [0.3, 0.4) is 0 Å². The lowest BCUT2D eigenvalue weighted by Crippen LogP contribution is -1.99. The number of nitro groups is 1. The van der Waals surface area contributed by atoms with E-state index in [1.54, 1.807) is 0 Å². The standard InChI is InChI=1S/C7H10ClN3O4S/c1-2-3-4-10-5-6(16(8,14)15)7(9-10)11(12)13/h5H,2-4H2,1H3. The minimum atomic E-state index is -4.14. The molecule has 0 spiro atoms. The van der Waals surface area contributed by atoms with E-state index in [1.807, 2.05) is 6.92 Å². The quantitative estimate of drug-likeness (QED) is 0.458. The molecule has 0 fully saturated rings. The van der Waals surface area contributed by atoms with E-state index in [0.29, 0.717) is 6.54 Å². The lowest BCUT2D eigenvalue weighted by Gasteiger charge is -1.91. The Kier molecular flexibility index (Phi) is 3.87. The van der Waals surface area contributed by atoms with Crippen LogP contribution in [0, 0.1) is 10.1 Å². The molecule has 0 atom stereocenters. The first kappa shape index (κ1) is 12.9. The molecule has 0 saturated heterocycles. The van der Waals surface area contributed by atoms with Crippen molar-refractivity contribution in [2.75, 3.05) is 0 Å². The smallest absolute Gasteiger partial charge is 0.358 e. The molecule has 0 bridgehead atoms. The van der Waals surface area contributed by atoms with Crippen LogP contribution in [0.1, 0.15) is 19.8 Å². The van der Waals surface area contributed by atoms with Gasteiger partial charge in [-0.05, 0) is 11.3 Å². The Bertz CT molecular complexity index is 496. The zero-order valence-electron chi connectivity index (χ0n) is 8.46. The first-order chi connectivity index (χ1) is 7.36. The van der Waals surface area contributed by atoms with Crippen LogP contribution in [0.25, 0.3) is 0 Å². The predicted molar refractivity (Wildman–Crippen MR) is 56.8 cm³/mol. The molecular weight excluding hydrogens is 258 g/mol. The molecule has 0 aliphatic carbocycles. The number of nitrogens with zero attached hydrogens (tertiary/aromatic N) is 3. The highest BCUT2D eigenvalue weighted by atomic mass is 35.7. The topological polar surface area (TPSA) is 95.1 Å². The van der Waals surface area contributed by atoms with Crippen molar-refractivity contribution in [2.24, 2.45) is 0 Å². The predicted octanol–water partition coefficient (Wildman–Crippen LogP) is 1.52. The van der Waals surface area contributed by atoms with Gasteiger partial charge in [0.25, 0.3) is 9.05 Å². The number of unbranched alkanes of at least 4 members (excludes halogenated alkanes) is 1. The molecule has 0 saturated carbocycles. The molecule has 0 aliphatic heterocycles. The van der Waals surface area contributed by atoms with Gasteiger partial charge in [0.2, 0.25) is 4.90 Å². The molecule has 0 aliphatic rings. The van der Waals surface area contributed by atoms with Gasteiger partial charge in [-0.25, -0.2) is 8.42 Å². The average molecular weight is 268 g/mol. The van der Waals surface area contributed by atoms with Gasteiger partial charge in [-0.3, -0.25) is 0 Å². The van der Waals surface area contributed by atoms with Crippen molar-refractivity contribution in [1.29, 1.82) is 0 Å². The molecule has 16 heavy (non-hydrogen) atoms. The molecule has 0 amide bonds. The summed E-state index contributed by atoms with van der Waals surface area (Å²) in [7, 11) is 0.934. The highest BCUT2D eigenvalue weighted by Crippen LogP contribution is 2.24. The summed E-state index contributed by atoms with van der Waals surface area (Å²) in [6, 6.07) is 0. The van der Waals surface area contributed by atoms with E-state index in [0.717, 1.165) is 19.0 Å². The van der Waals surface area contributed by atoms with Crippen molar-refractivity contribution in [3.05, 3.63) is 16.3 Å². The Balaban J connectivity index is 3.16. The molecule has 90 valence electrons. The van der Waals surface area contributed by atoms with Crippen LogP contribution in [0.15, 0.2) is 11.1 Å². The summed E-state index contributed by atoms with van der Waals surface area (Å²) in [5.41, 5.74) is 0. The number of hydrogen-bond acceptors (Lipinski definition) is 5. The van der Waals surface area contributed by atoms with Gasteiger partial charge in [0, 0.05) is 10.7 Å². The van der Waals surface area contributed by atoms with Gasteiger partial charge >= 0.3 is 5.82 Å². The second kappa shape index (κ2) is 4.79. The van der Waals surface area contributed by atoms with Crippen LogP contribution in [0.2, 0.25) is 0 Å². The van der Waals surface area contributed by atoms with Crippen molar-refractivity contribution < 1.29 is 13.3 Å². The highest BCUT2D eigenvalue weighted by Gasteiger charge is 2.29. The second-order valence-corrected chi connectivity index (χ2v) is 5.66. The van der Waals surface area contributed by atoms with Crippen LogP contribution in [-0.4, -0.2) is 23.1 Å². The molecular formula is C7H10ClN3O4S. The molecule has 1 rings (SSSR count). The summed E-state index contributed by atoms with van der Waals surface area (Å²) >= 11 is 0. The largest absolute Gasteiger partial charge is 0.410 e. The van der Waals surface area contributed by atoms with Gasteiger partial charge in [0.1, 0.15) is 0 Å². The lowest BCUT2D eigenvalue weighted by atomic mass is 10.3. The maximum atomic E-state index is 11.1. The Hall–Kier alpha value is -1.15. The number of rotatable bonds is 5. The molecule has 1 aromatic heterocycles. The van der Waals surface area contributed by atoms with Gasteiger partial charge in [-0.2, -0.15) is 4.68 Å². The van der Waals surface area contributed by atoms with Crippen molar-refractivity contribution in [2.45, 2.75) is 31.2 Å². The lowest BCUT2D eigenvalue weighted by molar-refractivity contribution is -0.392. The molecule has 9 heteroatoms. The summed E-state index contributed by atoms with van der Waals surface area (Å²) in [4.78, 5) is 9.14. The minimum Gasteiger partial charge on any atom is -0.358 e. The minimum absolute atomic E-state index is 0.420. The number of halogens is 1. The Morgan fingerprint density at radius 2 is 2.25 bits per heavy atom. The third-order valence-corrected chi connectivity index (χ3v) is 3.20. The van der Waals surface area contributed by atoms with Crippen LogP contribution >= 0.6 is 10.7 Å². The SMILES string of the molecule is CCCCn1cc(S(=O)(=O)Cl)c([N+](=O)[O-])n1. The molecule has 0 aromatic carbocycles. The monoisotopic (exact) mass is 267 g/mol. The molecule has 1 aromatic rings. The maximum Gasteiger partial charge on any atom is 0.410 e. The van der Waals surface area contributed by atoms with Crippen molar-refractivity contribution in [3.63, 3.8) is 0 Å². The fourth-order valence-electron chi connectivity index (χ4n) is 1.13. The Morgan fingerprint density at radius 1 is 1.62 bits per heavy atom. The fourth-order valence-corrected chi connectivity index (χ4v) is 2.03. The van der Waals surface area contributed by atoms with Crippen molar-refractivity contribution in [3.8, 4) is 0 Å². The first-order valence-electron chi connectivity index (χ1n) is 4.52. The second-order valence-electron chi connectivity index (χ2n) is 3.13. The van der Waals surface area contributed by atoms with Crippen LogP contribution in [-0.2, 0) is 15.6 Å². The van der Waals surface area contributed by atoms with E-state index in [9.17, 15) is 18.5 Å². The van der Waals surface area contributed by atoms with Crippen molar-refractivity contribution >= 4 is 25.6 Å². The summed E-state index contributed by atoms with van der Waals surface area (Å²) in [5, 5.41) is 14.1. The number of aryl methyl sites for hydroxylation is 1. The van der Waals surface area contributed by atoms with E-state index in [4.69, 9.17) is 10.7 Å². The molecule has 1 heterocycles. The van der Waals surface area contributed by atoms with E-state index >= 15 is 0 Å². The van der Waals surface area contributed by atoms with E-state index < -0.39 is 24.7 Å². The molecule has 0 N–H and O–H groups in total. The Morgan fingerprint density at radius 3 is 2.62 bits per heavy atom. The van der Waals surface area contributed by atoms with E-state index in [-0.39, 0.29) is 0 Å². The normalized spacial score (nSPS) is 11.6. The van der Waals surface area contributed by atoms with E-state index in [1.165, 1.54) is 4.68 Å². The summed E-state index contributed by atoms with van der Waals surface area (Å²) < 4.78 is 23.3. The van der Waals surface area contributed by atoms with Gasteiger partial charge < -0.3 is 10.1 Å². The van der Waals surface area contributed by atoms with Gasteiger partial charge in [0.05, 0.1) is 17.8 Å². The van der Waals surface area contributed by atoms with Crippen LogP contribution in [0.5, 0.6) is 0 Å². The average Bonchev–Trinajstić information content (AvgIpc) is 2.58. The zero-order valence-corrected chi connectivity index (χ0v) is 10.0. The third-order valence-electron chi connectivity index (χ3n) is 1.89. The molecule has 0 unspecified atom stereocenters. The van der Waals surface area contributed by atoms with Crippen LogP contribution < -0.4 is 0 Å². The van der Waals surface area contributed by atoms with Crippen LogP contribution in [0.4, 0.5) is 5.82 Å². The van der Waals surface area contributed by atoms with Gasteiger partial charge in [-0.1, -0.05) is 13.3 Å². The van der Waals surface area contributed by atoms with Gasteiger partial charge in [-0.15, -0.1) is 0 Å². The maximum absolute atomic E-state index is 11.1. The van der Waals surface area contributed by atoms with Gasteiger partial charge in [0.15, 0.2) is 0 Å². The third kappa shape index (κ3) is 2.92. The zero-order chi connectivity index (χ0) is 12.3.